The first-order valence-corrected chi connectivity index (χ1v) is 9.32. The fourth-order valence-corrected chi connectivity index (χ4v) is 4.65. The predicted octanol–water partition coefficient (Wildman–Crippen LogP) is 1.22. The molecule has 27 heavy (non-hydrogen) atoms. The van der Waals surface area contributed by atoms with E-state index in [0.29, 0.717) is 18.8 Å². The van der Waals surface area contributed by atoms with Crippen LogP contribution in [0, 0.1) is 11.8 Å². The van der Waals surface area contributed by atoms with Gasteiger partial charge in [-0.05, 0) is 31.5 Å². The molecular weight excluding hydrogens is 348 g/mol. The Balaban J connectivity index is 1.38. The van der Waals surface area contributed by atoms with Crippen molar-refractivity contribution in [2.24, 2.45) is 11.8 Å². The molecule has 5 rings (SSSR count). The topological polar surface area (TPSA) is 77.1 Å². The third-order valence-electron chi connectivity index (χ3n) is 5.72. The summed E-state index contributed by atoms with van der Waals surface area (Å²) < 4.78 is 16.9. The highest BCUT2D eigenvalue weighted by Crippen LogP contribution is 2.52. The Kier molecular flexibility index (Phi) is 3.53. The zero-order valence-electron chi connectivity index (χ0n) is 15.3. The third-order valence-corrected chi connectivity index (χ3v) is 5.72. The Bertz CT molecular complexity index is 851. The fraction of sp³-hybridized carbons (Fsp3) is 0.500. The number of ether oxygens (including phenoxy) is 3. The van der Waals surface area contributed by atoms with Gasteiger partial charge in [0, 0.05) is 12.6 Å². The Morgan fingerprint density at radius 1 is 1.33 bits per heavy atom. The van der Waals surface area contributed by atoms with Crippen LogP contribution in [-0.4, -0.2) is 47.8 Å². The molecular formula is C20H22N2O5. The zero-order chi connectivity index (χ0) is 18.8. The van der Waals surface area contributed by atoms with Gasteiger partial charge in [-0.2, -0.15) is 0 Å². The number of rotatable bonds is 4. The highest BCUT2D eigenvalue weighted by Gasteiger charge is 2.66. The minimum absolute atomic E-state index is 0.0246. The van der Waals surface area contributed by atoms with E-state index in [4.69, 9.17) is 14.2 Å². The summed E-state index contributed by atoms with van der Waals surface area (Å²) >= 11 is 0. The Morgan fingerprint density at radius 2 is 2.15 bits per heavy atom. The van der Waals surface area contributed by atoms with Crippen LogP contribution in [0.4, 0.5) is 0 Å². The van der Waals surface area contributed by atoms with E-state index in [1.165, 1.54) is 0 Å². The van der Waals surface area contributed by atoms with E-state index in [-0.39, 0.29) is 30.8 Å². The summed E-state index contributed by atoms with van der Waals surface area (Å²) in [6.07, 6.45) is 3.59. The molecule has 2 amide bonds. The SMILES string of the molecule is CC(C)NC(=O)[C@H]1[C@H]2C=C[C@]3(CN(Cc4ccc5c(c4)OCO5)C(=O)[C@@H]13)O2. The van der Waals surface area contributed by atoms with Crippen molar-refractivity contribution in [2.75, 3.05) is 13.3 Å². The summed E-state index contributed by atoms with van der Waals surface area (Å²) in [4.78, 5) is 27.7. The largest absolute Gasteiger partial charge is 0.454 e. The summed E-state index contributed by atoms with van der Waals surface area (Å²) in [7, 11) is 0. The molecule has 4 aliphatic rings. The van der Waals surface area contributed by atoms with Gasteiger partial charge < -0.3 is 24.4 Å². The number of nitrogens with zero attached hydrogens (tertiary/aromatic N) is 1. The van der Waals surface area contributed by atoms with Crippen LogP contribution in [-0.2, 0) is 20.9 Å². The molecule has 4 aliphatic heterocycles. The van der Waals surface area contributed by atoms with E-state index < -0.39 is 17.4 Å². The lowest BCUT2D eigenvalue weighted by Gasteiger charge is -2.24. The van der Waals surface area contributed by atoms with Crippen LogP contribution < -0.4 is 14.8 Å². The Morgan fingerprint density at radius 3 is 2.96 bits per heavy atom. The fourth-order valence-electron chi connectivity index (χ4n) is 4.65. The van der Waals surface area contributed by atoms with E-state index in [1.54, 1.807) is 4.90 Å². The van der Waals surface area contributed by atoms with Gasteiger partial charge >= 0.3 is 0 Å². The molecule has 7 nitrogen and oxygen atoms in total. The highest BCUT2D eigenvalue weighted by molar-refractivity contribution is 5.93. The van der Waals surface area contributed by atoms with E-state index >= 15 is 0 Å². The average Bonchev–Trinajstić information content (AvgIpc) is 3.35. The second-order valence-corrected chi connectivity index (χ2v) is 7.95. The number of benzene rings is 1. The molecule has 7 heteroatoms. The minimum atomic E-state index is -0.683. The summed E-state index contributed by atoms with van der Waals surface area (Å²) in [5, 5.41) is 2.94. The van der Waals surface area contributed by atoms with Gasteiger partial charge in [0.1, 0.15) is 5.60 Å². The molecule has 2 bridgehead atoms. The highest BCUT2D eigenvalue weighted by atomic mass is 16.7. The first-order chi connectivity index (χ1) is 13.0. The molecule has 1 spiro atoms. The van der Waals surface area contributed by atoms with Crippen molar-refractivity contribution in [2.45, 2.75) is 38.1 Å². The molecule has 4 heterocycles. The number of carbonyl (C=O) groups excluding carboxylic acids is 2. The normalized spacial score (nSPS) is 32.5. The van der Waals surface area contributed by atoms with Crippen molar-refractivity contribution < 1.29 is 23.8 Å². The molecule has 142 valence electrons. The molecule has 2 saturated heterocycles. The maximum atomic E-state index is 13.2. The van der Waals surface area contributed by atoms with Gasteiger partial charge in [-0.15, -0.1) is 0 Å². The van der Waals surface area contributed by atoms with E-state index in [1.807, 2.05) is 44.2 Å². The standard InChI is InChI=1S/C20H22N2O5/c1-11(2)21-18(23)16-14-5-6-20(27-14)9-22(19(24)17(16)20)8-12-3-4-13-15(7-12)26-10-25-13/h3-7,11,14,16-17H,8-10H2,1-2H3,(H,21,23)/t14-,16+,17-,20-/m1/s1. The summed E-state index contributed by atoms with van der Waals surface area (Å²) in [5.41, 5.74) is 0.280. The predicted molar refractivity (Wildman–Crippen MR) is 95.0 cm³/mol. The van der Waals surface area contributed by atoms with Gasteiger partial charge in [0.25, 0.3) is 0 Å². The number of amides is 2. The van der Waals surface area contributed by atoms with Gasteiger partial charge in [-0.25, -0.2) is 0 Å². The lowest BCUT2D eigenvalue weighted by atomic mass is 9.76. The average molecular weight is 370 g/mol. The minimum Gasteiger partial charge on any atom is -0.454 e. The number of likely N-dealkylation sites (tertiary alicyclic amines) is 1. The van der Waals surface area contributed by atoms with Crippen molar-refractivity contribution in [1.82, 2.24) is 10.2 Å². The van der Waals surface area contributed by atoms with Crippen LogP contribution in [0.25, 0.3) is 0 Å². The van der Waals surface area contributed by atoms with Gasteiger partial charge in [-0.1, -0.05) is 18.2 Å². The molecule has 0 aromatic heterocycles. The van der Waals surface area contributed by atoms with Crippen molar-refractivity contribution in [3.05, 3.63) is 35.9 Å². The van der Waals surface area contributed by atoms with Crippen LogP contribution >= 0.6 is 0 Å². The number of hydrogen-bond donors (Lipinski definition) is 1. The van der Waals surface area contributed by atoms with Crippen molar-refractivity contribution in [3.63, 3.8) is 0 Å². The first kappa shape index (κ1) is 16.6. The second-order valence-electron chi connectivity index (χ2n) is 7.95. The van der Waals surface area contributed by atoms with E-state index in [0.717, 1.165) is 11.3 Å². The van der Waals surface area contributed by atoms with Crippen molar-refractivity contribution in [3.8, 4) is 11.5 Å². The van der Waals surface area contributed by atoms with Gasteiger partial charge in [0.15, 0.2) is 11.5 Å². The second kappa shape index (κ2) is 5.73. The number of carbonyl (C=O) groups is 2. The smallest absolute Gasteiger partial charge is 0.231 e. The molecule has 2 fully saturated rings. The van der Waals surface area contributed by atoms with Crippen molar-refractivity contribution in [1.29, 1.82) is 0 Å². The molecule has 4 atom stereocenters. The van der Waals surface area contributed by atoms with Gasteiger partial charge in [-0.3, -0.25) is 9.59 Å². The molecule has 1 aromatic rings. The van der Waals surface area contributed by atoms with Crippen LogP contribution in [0.3, 0.4) is 0 Å². The van der Waals surface area contributed by atoms with Crippen LogP contribution in [0.15, 0.2) is 30.4 Å². The molecule has 0 aliphatic carbocycles. The zero-order valence-corrected chi connectivity index (χ0v) is 15.3. The maximum absolute atomic E-state index is 13.2. The number of hydrogen-bond acceptors (Lipinski definition) is 5. The summed E-state index contributed by atoms with van der Waals surface area (Å²) in [6, 6.07) is 5.72. The maximum Gasteiger partial charge on any atom is 0.231 e. The van der Waals surface area contributed by atoms with Crippen LogP contribution in [0.2, 0.25) is 0 Å². The van der Waals surface area contributed by atoms with Gasteiger partial charge in [0.05, 0.1) is 24.5 Å². The molecule has 1 N–H and O–H groups in total. The molecule has 1 aromatic carbocycles. The Labute approximate surface area is 157 Å². The third kappa shape index (κ3) is 2.45. The van der Waals surface area contributed by atoms with Crippen LogP contribution in [0.5, 0.6) is 11.5 Å². The molecule has 0 saturated carbocycles. The number of fused-ring (bicyclic) bond motifs is 2. The first-order valence-electron chi connectivity index (χ1n) is 9.32. The lowest BCUT2D eigenvalue weighted by molar-refractivity contribution is -0.138. The lowest BCUT2D eigenvalue weighted by Crippen LogP contribution is -2.45. The quantitative estimate of drug-likeness (QED) is 0.807. The summed E-state index contributed by atoms with van der Waals surface area (Å²) in [6.45, 7) is 4.97. The van der Waals surface area contributed by atoms with E-state index in [2.05, 4.69) is 5.32 Å². The van der Waals surface area contributed by atoms with Crippen molar-refractivity contribution >= 4 is 11.8 Å². The Hall–Kier alpha value is -2.54. The summed E-state index contributed by atoms with van der Waals surface area (Å²) in [5.74, 6) is 0.362. The molecule has 0 unspecified atom stereocenters. The van der Waals surface area contributed by atoms with Gasteiger partial charge in [0.2, 0.25) is 18.6 Å². The van der Waals surface area contributed by atoms with Crippen LogP contribution in [0.1, 0.15) is 19.4 Å². The molecule has 0 radical (unpaired) electrons. The number of nitrogens with one attached hydrogen (secondary N) is 1. The monoisotopic (exact) mass is 370 g/mol. The van der Waals surface area contributed by atoms with E-state index in [9.17, 15) is 9.59 Å².